The molecule has 8 heteroatoms. The minimum Gasteiger partial charge on any atom is -0.355 e. The Morgan fingerprint density at radius 3 is 2.70 bits per heavy atom. The van der Waals surface area contributed by atoms with Gasteiger partial charge in [-0.15, -0.1) is 12.4 Å². The largest absolute Gasteiger partial charge is 0.355 e. The second-order valence-electron chi connectivity index (χ2n) is 4.72. The highest BCUT2D eigenvalue weighted by Crippen LogP contribution is 2.18. The number of nitrogens with zero attached hydrogens (tertiary/aromatic N) is 2. The molecule has 0 saturated heterocycles. The van der Waals surface area contributed by atoms with Gasteiger partial charge in [-0.05, 0) is 30.8 Å². The molecule has 1 aromatic heterocycles. The number of hydrogen-bond acceptors (Lipinski definition) is 5. The predicted molar refractivity (Wildman–Crippen MR) is 91.9 cm³/mol. The smallest absolute Gasteiger partial charge is 0.227 e. The van der Waals surface area contributed by atoms with E-state index in [1.165, 1.54) is 0 Å². The van der Waals surface area contributed by atoms with Crippen LogP contribution in [-0.4, -0.2) is 35.7 Å². The van der Waals surface area contributed by atoms with E-state index in [0.717, 1.165) is 18.7 Å². The maximum atomic E-state index is 11.7. The molecule has 0 fully saturated rings. The molecule has 1 aromatic carbocycles. The summed E-state index contributed by atoms with van der Waals surface area (Å²) in [6, 6.07) is 7.18. The van der Waals surface area contributed by atoms with Crippen LogP contribution in [0.15, 0.2) is 28.8 Å². The lowest BCUT2D eigenvalue weighted by Crippen LogP contribution is -2.31. The Bertz CT molecular complexity index is 602. The van der Waals surface area contributed by atoms with Crippen molar-refractivity contribution in [2.24, 2.45) is 0 Å². The van der Waals surface area contributed by atoms with E-state index < -0.39 is 0 Å². The van der Waals surface area contributed by atoms with Crippen molar-refractivity contribution in [2.45, 2.75) is 19.8 Å². The average molecular weight is 359 g/mol. The van der Waals surface area contributed by atoms with E-state index in [1.54, 1.807) is 12.1 Å². The van der Waals surface area contributed by atoms with Gasteiger partial charge in [-0.25, -0.2) is 0 Å². The van der Waals surface area contributed by atoms with Crippen molar-refractivity contribution in [1.29, 1.82) is 0 Å². The third-order valence-corrected chi connectivity index (χ3v) is 3.26. The van der Waals surface area contributed by atoms with Gasteiger partial charge in [-0.1, -0.05) is 23.7 Å². The number of aromatic nitrogens is 2. The van der Waals surface area contributed by atoms with E-state index in [2.05, 4.69) is 20.8 Å². The molecule has 126 valence electrons. The number of likely N-dealkylation sites (N-methyl/N-ethyl adjacent to an activating group) is 1. The fraction of sp³-hybridized carbons (Fsp3) is 0.400. The third kappa shape index (κ3) is 6.56. The monoisotopic (exact) mass is 358 g/mol. The van der Waals surface area contributed by atoms with Crippen molar-refractivity contribution in [3.05, 3.63) is 35.2 Å². The number of benzene rings is 1. The van der Waals surface area contributed by atoms with Crippen LogP contribution in [0.25, 0.3) is 11.4 Å². The Morgan fingerprint density at radius 2 is 2.00 bits per heavy atom. The second-order valence-corrected chi connectivity index (χ2v) is 5.16. The molecule has 0 aliphatic heterocycles. The molecule has 0 spiro atoms. The van der Waals surface area contributed by atoms with Crippen LogP contribution in [-0.2, 0) is 11.2 Å². The molecular formula is C15H20Cl2N4O2. The summed E-state index contributed by atoms with van der Waals surface area (Å²) < 4.78 is 5.16. The lowest BCUT2D eigenvalue weighted by molar-refractivity contribution is -0.121. The second kappa shape index (κ2) is 10.2. The van der Waals surface area contributed by atoms with Crippen molar-refractivity contribution in [1.82, 2.24) is 20.8 Å². The molecule has 2 aromatic rings. The highest BCUT2D eigenvalue weighted by Gasteiger charge is 2.10. The SMILES string of the molecule is CCNCCNC(=O)CCc1nc(-c2ccc(Cl)cc2)no1.Cl. The van der Waals surface area contributed by atoms with Crippen LogP contribution in [0.1, 0.15) is 19.2 Å². The quantitative estimate of drug-likeness (QED) is 0.708. The van der Waals surface area contributed by atoms with E-state index in [1.807, 2.05) is 19.1 Å². The van der Waals surface area contributed by atoms with Crippen LogP contribution in [0.5, 0.6) is 0 Å². The first-order valence-corrected chi connectivity index (χ1v) is 7.62. The van der Waals surface area contributed by atoms with Gasteiger partial charge in [0.1, 0.15) is 0 Å². The van der Waals surface area contributed by atoms with Crippen molar-refractivity contribution in [3.63, 3.8) is 0 Å². The number of halogens is 2. The number of hydrogen-bond donors (Lipinski definition) is 2. The van der Waals surface area contributed by atoms with E-state index in [0.29, 0.717) is 36.1 Å². The molecule has 0 bridgehead atoms. The van der Waals surface area contributed by atoms with Gasteiger partial charge in [0.05, 0.1) is 0 Å². The van der Waals surface area contributed by atoms with Crippen molar-refractivity contribution in [3.8, 4) is 11.4 Å². The Balaban J connectivity index is 0.00000264. The summed E-state index contributed by atoms with van der Waals surface area (Å²) in [6.45, 7) is 4.30. The number of amides is 1. The Labute approximate surface area is 146 Å². The van der Waals surface area contributed by atoms with Crippen LogP contribution in [0.3, 0.4) is 0 Å². The molecule has 0 aliphatic carbocycles. The van der Waals surface area contributed by atoms with Crippen molar-refractivity contribution < 1.29 is 9.32 Å². The highest BCUT2D eigenvalue weighted by molar-refractivity contribution is 6.30. The van der Waals surface area contributed by atoms with E-state index in [4.69, 9.17) is 16.1 Å². The molecule has 0 saturated carbocycles. The Morgan fingerprint density at radius 1 is 1.26 bits per heavy atom. The normalized spacial score (nSPS) is 10.2. The number of carbonyl (C=O) groups is 1. The fourth-order valence-electron chi connectivity index (χ4n) is 1.85. The van der Waals surface area contributed by atoms with Gasteiger partial charge < -0.3 is 15.2 Å². The predicted octanol–water partition coefficient (Wildman–Crippen LogP) is 2.47. The number of rotatable bonds is 8. The first-order valence-electron chi connectivity index (χ1n) is 7.25. The first kappa shape index (κ1) is 19.4. The Hall–Kier alpha value is -1.63. The van der Waals surface area contributed by atoms with Gasteiger partial charge in [0.15, 0.2) is 0 Å². The van der Waals surface area contributed by atoms with E-state index in [9.17, 15) is 4.79 Å². The zero-order chi connectivity index (χ0) is 15.8. The van der Waals surface area contributed by atoms with Crippen LogP contribution < -0.4 is 10.6 Å². The minimum absolute atomic E-state index is 0. The topological polar surface area (TPSA) is 80.0 Å². The lowest BCUT2D eigenvalue weighted by atomic mass is 10.2. The molecule has 0 aliphatic rings. The van der Waals surface area contributed by atoms with Crippen LogP contribution in [0, 0.1) is 0 Å². The van der Waals surface area contributed by atoms with E-state index >= 15 is 0 Å². The maximum Gasteiger partial charge on any atom is 0.227 e. The Kier molecular flexibility index (Phi) is 8.61. The van der Waals surface area contributed by atoms with Gasteiger partial charge in [0, 0.05) is 36.5 Å². The molecular weight excluding hydrogens is 339 g/mol. The number of carbonyl (C=O) groups excluding carboxylic acids is 1. The summed E-state index contributed by atoms with van der Waals surface area (Å²) in [5.74, 6) is 0.926. The summed E-state index contributed by atoms with van der Waals surface area (Å²) in [5, 5.41) is 10.5. The van der Waals surface area contributed by atoms with Crippen LogP contribution in [0.2, 0.25) is 5.02 Å². The summed E-state index contributed by atoms with van der Waals surface area (Å²) in [4.78, 5) is 15.9. The zero-order valence-electron chi connectivity index (χ0n) is 12.8. The van der Waals surface area contributed by atoms with Gasteiger partial charge in [-0.2, -0.15) is 4.98 Å². The minimum atomic E-state index is -0.0239. The third-order valence-electron chi connectivity index (χ3n) is 3.01. The number of aryl methyl sites for hydroxylation is 1. The van der Waals surface area contributed by atoms with Crippen molar-refractivity contribution in [2.75, 3.05) is 19.6 Å². The fourth-order valence-corrected chi connectivity index (χ4v) is 1.97. The van der Waals surface area contributed by atoms with Crippen LogP contribution in [0.4, 0.5) is 0 Å². The van der Waals surface area contributed by atoms with E-state index in [-0.39, 0.29) is 18.3 Å². The molecule has 0 atom stereocenters. The average Bonchev–Trinajstić information content (AvgIpc) is 2.99. The molecule has 2 N–H and O–H groups in total. The van der Waals surface area contributed by atoms with Crippen molar-refractivity contribution >= 4 is 29.9 Å². The first-order chi connectivity index (χ1) is 10.7. The van der Waals surface area contributed by atoms with Gasteiger partial charge >= 0.3 is 0 Å². The summed E-state index contributed by atoms with van der Waals surface area (Å²) in [7, 11) is 0. The molecule has 1 amide bonds. The molecule has 6 nitrogen and oxygen atoms in total. The zero-order valence-corrected chi connectivity index (χ0v) is 14.4. The molecule has 23 heavy (non-hydrogen) atoms. The molecule has 2 rings (SSSR count). The van der Waals surface area contributed by atoms with Gasteiger partial charge in [-0.3, -0.25) is 4.79 Å². The summed E-state index contributed by atoms with van der Waals surface area (Å²) in [5.41, 5.74) is 0.828. The lowest BCUT2D eigenvalue weighted by Gasteiger charge is -2.03. The molecule has 0 unspecified atom stereocenters. The number of nitrogens with one attached hydrogen (secondary N) is 2. The summed E-state index contributed by atoms with van der Waals surface area (Å²) >= 11 is 5.84. The maximum absolute atomic E-state index is 11.7. The molecule has 0 radical (unpaired) electrons. The highest BCUT2D eigenvalue weighted by atomic mass is 35.5. The standard InChI is InChI=1S/C15H19ClN4O2.ClH/c1-2-17-9-10-18-13(21)7-8-14-19-15(20-22-14)11-3-5-12(16)6-4-11;/h3-6,17H,2,7-10H2,1H3,(H,18,21);1H. The van der Waals surface area contributed by atoms with Gasteiger partial charge in [0.25, 0.3) is 0 Å². The van der Waals surface area contributed by atoms with Gasteiger partial charge in [0.2, 0.25) is 17.6 Å². The molecule has 1 heterocycles. The van der Waals surface area contributed by atoms with Crippen LogP contribution >= 0.6 is 24.0 Å². The summed E-state index contributed by atoms with van der Waals surface area (Å²) in [6.07, 6.45) is 0.752.